The second-order valence-electron chi connectivity index (χ2n) is 2.28. The lowest BCUT2D eigenvalue weighted by Gasteiger charge is -2.03. The predicted octanol–water partition coefficient (Wildman–Crippen LogP) is 1.67. The summed E-state index contributed by atoms with van der Waals surface area (Å²) < 4.78 is 30.0. The van der Waals surface area contributed by atoms with Gasteiger partial charge in [-0.1, -0.05) is 0 Å². The van der Waals surface area contributed by atoms with E-state index < -0.39 is 23.2 Å². The standard InChI is InChI=1S/C8H6F2O3/c1-13-4-2-5(8(11)12)7(10)6(9)3-4/h2-3H,1H3,(H,11,12). The maximum Gasteiger partial charge on any atom is 0.338 e. The second-order valence-corrected chi connectivity index (χ2v) is 2.28. The maximum absolute atomic E-state index is 12.8. The van der Waals surface area contributed by atoms with Crippen LogP contribution in [0.4, 0.5) is 8.78 Å². The molecule has 0 saturated carbocycles. The molecule has 5 heteroatoms. The zero-order chi connectivity index (χ0) is 10.0. The van der Waals surface area contributed by atoms with E-state index in [1.165, 1.54) is 7.11 Å². The summed E-state index contributed by atoms with van der Waals surface area (Å²) in [6, 6.07) is 1.70. The van der Waals surface area contributed by atoms with Gasteiger partial charge in [-0.3, -0.25) is 0 Å². The van der Waals surface area contributed by atoms with Crippen LogP contribution in [0.2, 0.25) is 0 Å². The average molecular weight is 188 g/mol. The van der Waals surface area contributed by atoms with E-state index >= 15 is 0 Å². The van der Waals surface area contributed by atoms with Crippen molar-refractivity contribution in [3.8, 4) is 5.75 Å². The van der Waals surface area contributed by atoms with Gasteiger partial charge < -0.3 is 9.84 Å². The minimum atomic E-state index is -1.53. The summed E-state index contributed by atoms with van der Waals surface area (Å²) in [4.78, 5) is 10.4. The van der Waals surface area contributed by atoms with Gasteiger partial charge in [-0.25, -0.2) is 13.6 Å². The number of methoxy groups -OCH3 is 1. The Kier molecular flexibility index (Phi) is 2.46. The Morgan fingerprint density at radius 3 is 2.54 bits per heavy atom. The number of benzene rings is 1. The first-order valence-corrected chi connectivity index (χ1v) is 3.32. The molecule has 0 saturated heterocycles. The molecule has 0 radical (unpaired) electrons. The number of hydrogen-bond donors (Lipinski definition) is 1. The van der Waals surface area contributed by atoms with Crippen LogP contribution in [0.5, 0.6) is 5.75 Å². The molecule has 1 N–H and O–H groups in total. The van der Waals surface area contributed by atoms with E-state index in [9.17, 15) is 13.6 Å². The molecular formula is C8H6F2O3. The quantitative estimate of drug-likeness (QED) is 0.767. The lowest BCUT2D eigenvalue weighted by atomic mass is 10.2. The summed E-state index contributed by atoms with van der Waals surface area (Å²) >= 11 is 0. The first kappa shape index (κ1) is 9.44. The van der Waals surface area contributed by atoms with Gasteiger partial charge in [-0.05, 0) is 6.07 Å². The Morgan fingerprint density at radius 1 is 1.46 bits per heavy atom. The van der Waals surface area contributed by atoms with Crippen molar-refractivity contribution in [3.63, 3.8) is 0 Å². The van der Waals surface area contributed by atoms with Gasteiger partial charge in [0.05, 0.1) is 7.11 Å². The van der Waals surface area contributed by atoms with Crippen molar-refractivity contribution in [1.29, 1.82) is 0 Å². The molecule has 1 aromatic rings. The summed E-state index contributed by atoms with van der Waals surface area (Å²) in [6.07, 6.45) is 0. The lowest BCUT2D eigenvalue weighted by Crippen LogP contribution is -2.03. The number of carboxylic acid groups (broad SMARTS) is 1. The van der Waals surface area contributed by atoms with Crippen LogP contribution in [-0.4, -0.2) is 18.2 Å². The second kappa shape index (κ2) is 3.38. The molecule has 0 aliphatic heterocycles. The number of rotatable bonds is 2. The van der Waals surface area contributed by atoms with E-state index in [0.29, 0.717) is 0 Å². The zero-order valence-electron chi connectivity index (χ0n) is 6.67. The van der Waals surface area contributed by atoms with Crippen molar-refractivity contribution >= 4 is 5.97 Å². The highest BCUT2D eigenvalue weighted by Gasteiger charge is 2.16. The van der Waals surface area contributed by atoms with Gasteiger partial charge in [0, 0.05) is 6.07 Å². The van der Waals surface area contributed by atoms with E-state index in [0.717, 1.165) is 12.1 Å². The Bertz CT molecular complexity index is 349. The predicted molar refractivity (Wildman–Crippen MR) is 39.9 cm³/mol. The fourth-order valence-electron chi connectivity index (χ4n) is 0.838. The van der Waals surface area contributed by atoms with Crippen LogP contribution in [0.15, 0.2) is 12.1 Å². The molecule has 3 nitrogen and oxygen atoms in total. The van der Waals surface area contributed by atoms with Crippen molar-refractivity contribution in [2.45, 2.75) is 0 Å². The largest absolute Gasteiger partial charge is 0.497 e. The number of ether oxygens (including phenoxy) is 1. The molecule has 0 aliphatic carbocycles. The van der Waals surface area contributed by atoms with E-state index in [-0.39, 0.29) is 5.75 Å². The molecule has 0 fully saturated rings. The van der Waals surface area contributed by atoms with Crippen LogP contribution in [0, 0.1) is 11.6 Å². The molecule has 0 aromatic heterocycles. The summed E-state index contributed by atoms with van der Waals surface area (Å²) in [5.74, 6) is -4.18. The van der Waals surface area contributed by atoms with Gasteiger partial charge in [0.2, 0.25) is 0 Å². The molecular weight excluding hydrogens is 182 g/mol. The van der Waals surface area contributed by atoms with Crippen molar-refractivity contribution in [2.24, 2.45) is 0 Å². The van der Waals surface area contributed by atoms with Crippen LogP contribution >= 0.6 is 0 Å². The number of carboxylic acids is 1. The van der Waals surface area contributed by atoms with Crippen LogP contribution in [0.1, 0.15) is 10.4 Å². The van der Waals surface area contributed by atoms with E-state index in [4.69, 9.17) is 5.11 Å². The number of halogens is 2. The smallest absolute Gasteiger partial charge is 0.338 e. The monoisotopic (exact) mass is 188 g/mol. The maximum atomic E-state index is 12.8. The first-order chi connectivity index (χ1) is 6.06. The molecule has 0 amide bonds. The molecule has 0 spiro atoms. The van der Waals surface area contributed by atoms with Gasteiger partial charge in [0.1, 0.15) is 11.3 Å². The topological polar surface area (TPSA) is 46.5 Å². The fourth-order valence-corrected chi connectivity index (χ4v) is 0.838. The zero-order valence-corrected chi connectivity index (χ0v) is 6.67. The lowest BCUT2D eigenvalue weighted by molar-refractivity contribution is 0.0690. The Hall–Kier alpha value is -1.65. The number of aromatic carboxylic acids is 1. The van der Waals surface area contributed by atoms with Crippen LogP contribution < -0.4 is 4.74 Å². The van der Waals surface area contributed by atoms with Gasteiger partial charge in [-0.15, -0.1) is 0 Å². The van der Waals surface area contributed by atoms with Crippen molar-refractivity contribution in [3.05, 3.63) is 29.3 Å². The minimum absolute atomic E-state index is 0.0312. The van der Waals surface area contributed by atoms with E-state index in [1.54, 1.807) is 0 Å². The molecule has 0 atom stereocenters. The Morgan fingerprint density at radius 2 is 2.08 bits per heavy atom. The summed E-state index contributed by atoms with van der Waals surface area (Å²) in [7, 11) is 1.23. The van der Waals surface area contributed by atoms with Gasteiger partial charge in [0.25, 0.3) is 0 Å². The molecule has 1 rings (SSSR count). The third-order valence-corrected chi connectivity index (χ3v) is 1.47. The molecule has 1 aromatic carbocycles. The van der Waals surface area contributed by atoms with E-state index in [2.05, 4.69) is 4.74 Å². The first-order valence-electron chi connectivity index (χ1n) is 3.32. The SMILES string of the molecule is COc1cc(F)c(F)c(C(=O)O)c1. The van der Waals surface area contributed by atoms with Crippen molar-refractivity contribution in [2.75, 3.05) is 7.11 Å². The highest BCUT2D eigenvalue weighted by atomic mass is 19.2. The van der Waals surface area contributed by atoms with Gasteiger partial charge in [0.15, 0.2) is 11.6 Å². The van der Waals surface area contributed by atoms with E-state index in [1.807, 2.05) is 0 Å². The third kappa shape index (κ3) is 1.74. The number of hydrogen-bond acceptors (Lipinski definition) is 2. The van der Waals surface area contributed by atoms with Crippen molar-refractivity contribution in [1.82, 2.24) is 0 Å². The van der Waals surface area contributed by atoms with Gasteiger partial charge >= 0.3 is 5.97 Å². The fraction of sp³-hybridized carbons (Fsp3) is 0.125. The Balaban J connectivity index is 3.33. The third-order valence-electron chi connectivity index (χ3n) is 1.47. The minimum Gasteiger partial charge on any atom is -0.497 e. The summed E-state index contributed by atoms with van der Waals surface area (Å²) in [5.41, 5.74) is -0.739. The molecule has 13 heavy (non-hydrogen) atoms. The molecule has 0 unspecified atom stereocenters. The number of carbonyl (C=O) groups is 1. The highest BCUT2D eigenvalue weighted by Crippen LogP contribution is 2.19. The van der Waals surface area contributed by atoms with Crippen LogP contribution in [-0.2, 0) is 0 Å². The molecule has 0 heterocycles. The summed E-state index contributed by atoms with van der Waals surface area (Å²) in [6.45, 7) is 0. The Labute approximate surface area is 72.6 Å². The molecule has 0 bridgehead atoms. The molecule has 70 valence electrons. The normalized spacial score (nSPS) is 9.77. The van der Waals surface area contributed by atoms with Gasteiger partial charge in [-0.2, -0.15) is 0 Å². The average Bonchev–Trinajstić information content (AvgIpc) is 2.09. The highest BCUT2D eigenvalue weighted by molar-refractivity contribution is 5.88. The van der Waals surface area contributed by atoms with Crippen LogP contribution in [0.3, 0.4) is 0 Å². The molecule has 0 aliphatic rings. The van der Waals surface area contributed by atoms with Crippen molar-refractivity contribution < 1.29 is 23.4 Å². The summed E-state index contributed by atoms with van der Waals surface area (Å²) in [5, 5.41) is 8.45. The van der Waals surface area contributed by atoms with Crippen LogP contribution in [0.25, 0.3) is 0 Å².